The predicted molar refractivity (Wildman–Crippen MR) is 54.2 cm³/mol. The van der Waals surface area contributed by atoms with Gasteiger partial charge in [-0.3, -0.25) is 0 Å². The van der Waals surface area contributed by atoms with Crippen molar-refractivity contribution in [2.24, 2.45) is 0 Å². The second-order valence-corrected chi connectivity index (χ2v) is 3.41. The first-order valence-electron chi connectivity index (χ1n) is 4.04. The van der Waals surface area contributed by atoms with E-state index in [0.717, 1.165) is 10.0 Å². The van der Waals surface area contributed by atoms with E-state index in [2.05, 4.69) is 22.0 Å². The second-order valence-electron chi connectivity index (χ2n) is 2.56. The molecule has 68 valence electrons. The second kappa shape index (κ2) is 5.00. The molecular formula is C10H10BrNO. The summed E-state index contributed by atoms with van der Waals surface area (Å²) < 4.78 is 6.19. The third-order valence-electron chi connectivity index (χ3n) is 1.64. The first kappa shape index (κ1) is 10.2. The van der Waals surface area contributed by atoms with E-state index >= 15 is 0 Å². The average molecular weight is 240 g/mol. The maximum absolute atomic E-state index is 8.63. The number of nitriles is 1. The summed E-state index contributed by atoms with van der Waals surface area (Å²) in [6.45, 7) is 3.24. The van der Waals surface area contributed by atoms with Crippen molar-refractivity contribution < 1.29 is 4.74 Å². The van der Waals surface area contributed by atoms with Gasteiger partial charge in [-0.1, -0.05) is 22.0 Å². The van der Waals surface area contributed by atoms with Crippen LogP contribution in [0.3, 0.4) is 0 Å². The molecule has 13 heavy (non-hydrogen) atoms. The maximum atomic E-state index is 8.63. The van der Waals surface area contributed by atoms with Gasteiger partial charge in [0.05, 0.1) is 18.2 Å². The van der Waals surface area contributed by atoms with E-state index in [0.29, 0.717) is 18.8 Å². The van der Waals surface area contributed by atoms with Gasteiger partial charge in [0.15, 0.2) is 0 Å². The standard InChI is InChI=1S/C10H10BrNO/c1-2-13-7-9-4-3-8(6-12)5-10(9)11/h3-5H,2,7H2,1H3. The zero-order valence-electron chi connectivity index (χ0n) is 7.38. The van der Waals surface area contributed by atoms with E-state index in [4.69, 9.17) is 10.00 Å². The molecule has 0 bridgehead atoms. The van der Waals surface area contributed by atoms with Crippen LogP contribution in [0.5, 0.6) is 0 Å². The lowest BCUT2D eigenvalue weighted by molar-refractivity contribution is 0.133. The minimum atomic E-state index is 0.586. The fraction of sp³-hybridized carbons (Fsp3) is 0.300. The van der Waals surface area contributed by atoms with Crippen LogP contribution in [-0.2, 0) is 11.3 Å². The Morgan fingerprint density at radius 2 is 2.31 bits per heavy atom. The summed E-state index contributed by atoms with van der Waals surface area (Å²) in [6, 6.07) is 7.57. The summed E-state index contributed by atoms with van der Waals surface area (Å²) in [6.07, 6.45) is 0. The van der Waals surface area contributed by atoms with Gasteiger partial charge < -0.3 is 4.74 Å². The van der Waals surface area contributed by atoms with Crippen molar-refractivity contribution in [3.05, 3.63) is 33.8 Å². The number of nitrogens with zero attached hydrogens (tertiary/aromatic N) is 1. The van der Waals surface area contributed by atoms with Gasteiger partial charge in [0.25, 0.3) is 0 Å². The van der Waals surface area contributed by atoms with Gasteiger partial charge in [0.2, 0.25) is 0 Å². The number of rotatable bonds is 3. The third-order valence-corrected chi connectivity index (χ3v) is 2.38. The third kappa shape index (κ3) is 2.83. The zero-order valence-corrected chi connectivity index (χ0v) is 8.97. The Morgan fingerprint density at radius 3 is 2.85 bits per heavy atom. The molecule has 0 saturated heterocycles. The van der Waals surface area contributed by atoms with Gasteiger partial charge in [-0.2, -0.15) is 5.26 Å². The Morgan fingerprint density at radius 1 is 1.54 bits per heavy atom. The summed E-state index contributed by atoms with van der Waals surface area (Å²) in [5, 5.41) is 8.63. The largest absolute Gasteiger partial charge is 0.377 e. The van der Waals surface area contributed by atoms with Crippen molar-refractivity contribution in [1.82, 2.24) is 0 Å². The molecule has 1 rings (SSSR count). The molecule has 0 spiro atoms. The minimum Gasteiger partial charge on any atom is -0.377 e. The summed E-state index contributed by atoms with van der Waals surface area (Å²) in [5.41, 5.74) is 1.73. The number of ether oxygens (including phenoxy) is 1. The lowest BCUT2D eigenvalue weighted by atomic mass is 10.2. The highest BCUT2D eigenvalue weighted by molar-refractivity contribution is 9.10. The Hall–Kier alpha value is -0.850. The Bertz CT molecular complexity index is 330. The molecule has 3 heteroatoms. The van der Waals surface area contributed by atoms with E-state index in [1.807, 2.05) is 13.0 Å². The monoisotopic (exact) mass is 239 g/mol. The fourth-order valence-electron chi connectivity index (χ4n) is 0.946. The molecular weight excluding hydrogens is 230 g/mol. The summed E-state index contributed by atoms with van der Waals surface area (Å²) >= 11 is 3.39. The van der Waals surface area contributed by atoms with Crippen LogP contribution in [0.1, 0.15) is 18.1 Å². The van der Waals surface area contributed by atoms with Crippen LogP contribution in [0.4, 0.5) is 0 Å². The van der Waals surface area contributed by atoms with Crippen molar-refractivity contribution in [2.75, 3.05) is 6.61 Å². The van der Waals surface area contributed by atoms with E-state index in [1.54, 1.807) is 12.1 Å². The summed E-state index contributed by atoms with van der Waals surface area (Å²) in [7, 11) is 0. The molecule has 2 nitrogen and oxygen atoms in total. The average Bonchev–Trinajstić information content (AvgIpc) is 2.16. The number of halogens is 1. The number of hydrogen-bond acceptors (Lipinski definition) is 2. The van der Waals surface area contributed by atoms with Gasteiger partial charge >= 0.3 is 0 Å². The highest BCUT2D eigenvalue weighted by atomic mass is 79.9. The van der Waals surface area contributed by atoms with E-state index in [-0.39, 0.29) is 0 Å². The molecule has 0 aromatic heterocycles. The smallest absolute Gasteiger partial charge is 0.0992 e. The van der Waals surface area contributed by atoms with E-state index in [1.165, 1.54) is 0 Å². The van der Waals surface area contributed by atoms with Crippen LogP contribution in [0.2, 0.25) is 0 Å². The molecule has 0 fully saturated rings. The normalized spacial score (nSPS) is 9.62. The van der Waals surface area contributed by atoms with E-state index in [9.17, 15) is 0 Å². The molecule has 0 heterocycles. The minimum absolute atomic E-state index is 0.586. The number of benzene rings is 1. The SMILES string of the molecule is CCOCc1ccc(C#N)cc1Br. The first-order chi connectivity index (χ1) is 6.27. The van der Waals surface area contributed by atoms with Crippen molar-refractivity contribution in [2.45, 2.75) is 13.5 Å². The lowest BCUT2D eigenvalue weighted by Gasteiger charge is -2.04. The van der Waals surface area contributed by atoms with Crippen LogP contribution in [0, 0.1) is 11.3 Å². The molecule has 0 saturated carbocycles. The molecule has 0 radical (unpaired) electrons. The van der Waals surface area contributed by atoms with Crippen LogP contribution in [0.15, 0.2) is 22.7 Å². The summed E-state index contributed by atoms with van der Waals surface area (Å²) in [4.78, 5) is 0. The quantitative estimate of drug-likeness (QED) is 0.813. The molecule has 1 aromatic rings. The van der Waals surface area contributed by atoms with E-state index < -0.39 is 0 Å². The van der Waals surface area contributed by atoms with Crippen molar-refractivity contribution in [1.29, 1.82) is 5.26 Å². The highest BCUT2D eigenvalue weighted by Gasteiger charge is 2.00. The van der Waals surface area contributed by atoms with Gasteiger partial charge in [-0.05, 0) is 24.6 Å². The predicted octanol–water partition coefficient (Wildman–Crippen LogP) is 2.86. The lowest BCUT2D eigenvalue weighted by Crippen LogP contribution is -1.93. The molecule has 0 aliphatic heterocycles. The molecule has 0 aliphatic rings. The Labute approximate surface area is 86.3 Å². The maximum Gasteiger partial charge on any atom is 0.0992 e. The van der Waals surface area contributed by atoms with Crippen LogP contribution in [0.25, 0.3) is 0 Å². The zero-order chi connectivity index (χ0) is 9.68. The molecule has 1 aromatic carbocycles. The fourth-order valence-corrected chi connectivity index (χ4v) is 1.44. The topological polar surface area (TPSA) is 33.0 Å². The summed E-state index contributed by atoms with van der Waals surface area (Å²) in [5.74, 6) is 0. The molecule has 0 unspecified atom stereocenters. The molecule has 0 aliphatic carbocycles. The molecule has 0 amide bonds. The molecule has 0 N–H and O–H groups in total. The van der Waals surface area contributed by atoms with Gasteiger partial charge in [-0.15, -0.1) is 0 Å². The van der Waals surface area contributed by atoms with Crippen molar-refractivity contribution >= 4 is 15.9 Å². The highest BCUT2D eigenvalue weighted by Crippen LogP contribution is 2.18. The first-order valence-corrected chi connectivity index (χ1v) is 4.83. The van der Waals surface area contributed by atoms with Crippen molar-refractivity contribution in [3.63, 3.8) is 0 Å². The van der Waals surface area contributed by atoms with Gasteiger partial charge in [-0.25, -0.2) is 0 Å². The van der Waals surface area contributed by atoms with Crippen LogP contribution >= 0.6 is 15.9 Å². The van der Waals surface area contributed by atoms with Crippen LogP contribution < -0.4 is 0 Å². The Balaban J connectivity index is 2.81. The Kier molecular flexibility index (Phi) is 3.94. The number of hydrogen-bond donors (Lipinski definition) is 0. The molecule has 0 atom stereocenters. The van der Waals surface area contributed by atoms with Gasteiger partial charge in [0, 0.05) is 11.1 Å². The van der Waals surface area contributed by atoms with Crippen molar-refractivity contribution in [3.8, 4) is 6.07 Å². The van der Waals surface area contributed by atoms with Gasteiger partial charge in [0.1, 0.15) is 0 Å². The van der Waals surface area contributed by atoms with Crippen LogP contribution in [-0.4, -0.2) is 6.61 Å².